The second kappa shape index (κ2) is 9.01. The summed E-state index contributed by atoms with van der Waals surface area (Å²) in [6.07, 6.45) is 0. The molecule has 0 aliphatic heterocycles. The minimum Gasteiger partial charge on any atom is -0.456 e. The largest absolute Gasteiger partial charge is 0.456 e. The van der Waals surface area contributed by atoms with Crippen molar-refractivity contribution in [1.82, 2.24) is 0 Å². The van der Waals surface area contributed by atoms with Gasteiger partial charge >= 0.3 is 0 Å². The smallest absolute Gasteiger partial charge is 0.216 e. The molecule has 2 heterocycles. The lowest BCUT2D eigenvalue weighted by molar-refractivity contribution is -0.666. The first kappa shape index (κ1) is 25.0. The van der Waals surface area contributed by atoms with Crippen molar-refractivity contribution in [2.75, 3.05) is 0 Å². The first-order valence-electron chi connectivity index (χ1n) is 13.0. The maximum absolute atomic E-state index is 7.88. The Morgan fingerprint density at radius 1 is 0.838 bits per heavy atom. The molecule has 0 saturated heterocycles. The summed E-state index contributed by atoms with van der Waals surface area (Å²) in [6.45, 7) is 23.8. The molecule has 2 aromatic heterocycles. The summed E-state index contributed by atoms with van der Waals surface area (Å²) in [5.41, 5.74) is 10.2. The van der Waals surface area contributed by atoms with Crippen molar-refractivity contribution in [3.63, 3.8) is 0 Å². The summed E-state index contributed by atoms with van der Waals surface area (Å²) in [6, 6.07) is 21.6. The highest BCUT2D eigenvalue weighted by atomic mass is 28.3. The van der Waals surface area contributed by atoms with Gasteiger partial charge in [0.2, 0.25) is 5.69 Å². The van der Waals surface area contributed by atoms with E-state index in [4.69, 9.17) is 11.0 Å². The molecule has 5 aromatic rings. The van der Waals surface area contributed by atoms with E-state index in [0.29, 0.717) is 11.6 Å². The third kappa shape index (κ3) is 4.18. The van der Waals surface area contributed by atoms with E-state index in [1.54, 1.807) is 0 Å². The molecule has 0 spiro atoms. The van der Waals surface area contributed by atoms with E-state index >= 15 is 0 Å². The van der Waals surface area contributed by atoms with Crippen LogP contribution < -0.4 is 9.75 Å². The fourth-order valence-electron chi connectivity index (χ4n) is 5.19. The maximum Gasteiger partial charge on any atom is 0.216 e. The topological polar surface area (TPSA) is 21.4 Å². The van der Waals surface area contributed by atoms with Gasteiger partial charge in [-0.15, -0.1) is 0 Å². The van der Waals surface area contributed by atoms with Crippen molar-refractivity contribution >= 4 is 40.9 Å². The minimum absolute atomic E-state index is 0.457. The van der Waals surface area contributed by atoms with Crippen LogP contribution in [-0.4, -0.2) is 8.07 Å². The van der Waals surface area contributed by atoms with Gasteiger partial charge in [-0.3, -0.25) is 0 Å². The van der Waals surface area contributed by atoms with Crippen LogP contribution in [0, 0.1) is 20.4 Å². The zero-order valence-corrected chi connectivity index (χ0v) is 24.2. The molecule has 0 radical (unpaired) electrons. The summed E-state index contributed by atoms with van der Waals surface area (Å²) in [4.78, 5) is 3.88. The van der Waals surface area contributed by atoms with E-state index in [1.807, 2.05) is 12.1 Å². The van der Waals surface area contributed by atoms with Crippen molar-refractivity contribution in [3.8, 4) is 22.4 Å². The second-order valence-electron chi connectivity index (χ2n) is 11.5. The van der Waals surface area contributed by atoms with Gasteiger partial charge in [-0.05, 0) is 34.7 Å². The predicted molar refractivity (Wildman–Crippen MR) is 159 cm³/mol. The van der Waals surface area contributed by atoms with Gasteiger partial charge in [0.05, 0.1) is 20.2 Å². The van der Waals surface area contributed by atoms with Gasteiger partial charge in [0.1, 0.15) is 18.2 Å². The average molecular weight is 504 g/mol. The number of benzene rings is 3. The number of fused-ring (bicyclic) bond motifs is 3. The fourth-order valence-corrected chi connectivity index (χ4v) is 6.40. The van der Waals surface area contributed by atoms with E-state index < -0.39 is 8.07 Å². The molecule has 3 nitrogen and oxygen atoms in total. The third-order valence-corrected chi connectivity index (χ3v) is 9.67. The molecule has 0 bridgehead atoms. The van der Waals surface area contributed by atoms with Crippen molar-refractivity contribution in [1.29, 1.82) is 0 Å². The number of hydrogen-bond acceptors (Lipinski definition) is 1. The zero-order valence-electron chi connectivity index (χ0n) is 23.2. The van der Waals surface area contributed by atoms with Crippen molar-refractivity contribution in [2.24, 2.45) is 7.05 Å². The van der Waals surface area contributed by atoms with Crippen molar-refractivity contribution < 1.29 is 8.98 Å². The lowest BCUT2D eigenvalue weighted by Gasteiger charge is -2.18. The van der Waals surface area contributed by atoms with Crippen LogP contribution in [0.1, 0.15) is 36.6 Å². The highest BCUT2D eigenvalue weighted by Crippen LogP contribution is 2.44. The van der Waals surface area contributed by atoms with E-state index in [2.05, 4.69) is 112 Å². The Morgan fingerprint density at radius 3 is 2.05 bits per heavy atom. The molecule has 186 valence electrons. The summed E-state index contributed by atoms with van der Waals surface area (Å²) in [7, 11) is 0.613. The summed E-state index contributed by atoms with van der Waals surface area (Å²) in [5.74, 6) is 0.457. The Balaban J connectivity index is 1.85. The molecule has 0 unspecified atom stereocenters. The van der Waals surface area contributed by atoms with Crippen molar-refractivity contribution in [3.05, 3.63) is 88.9 Å². The van der Waals surface area contributed by atoms with Crippen LogP contribution in [0.15, 0.2) is 65.1 Å². The minimum atomic E-state index is -1.52. The number of hydrogen-bond donors (Lipinski definition) is 0. The molecule has 0 N–H and O–H groups in total. The maximum atomic E-state index is 7.88. The van der Waals surface area contributed by atoms with E-state index in [-0.39, 0.29) is 0 Å². The van der Waals surface area contributed by atoms with Crippen LogP contribution >= 0.6 is 0 Å². The zero-order chi connectivity index (χ0) is 26.6. The van der Waals surface area contributed by atoms with Crippen LogP contribution in [0.5, 0.6) is 0 Å². The normalized spacial score (nSPS) is 12.0. The standard InChI is InChI=1S/C33H35N2OSi/c1-20(2)23-11-13-24(14-12-23)31-28(34-5)17-16-27-26-15-10-21(3)30(32(26)36-33(27)31)29-19-25(37(7,8)9)18-22(4)35(29)6/h10-20H,1-4,6-9H3/q+1. The molecule has 5 rings (SSSR count). The second-order valence-corrected chi connectivity index (χ2v) is 16.6. The van der Waals surface area contributed by atoms with Crippen LogP contribution in [0.2, 0.25) is 19.6 Å². The van der Waals surface area contributed by atoms with Gasteiger partial charge in [-0.2, -0.15) is 4.57 Å². The van der Waals surface area contributed by atoms with Crippen LogP contribution in [0.3, 0.4) is 0 Å². The number of pyridine rings is 1. The fraction of sp³-hybridized carbons (Fsp3) is 0.273. The Morgan fingerprint density at radius 2 is 1.46 bits per heavy atom. The molecule has 0 aliphatic rings. The molecular weight excluding hydrogens is 468 g/mol. The lowest BCUT2D eigenvalue weighted by atomic mass is 9.96. The van der Waals surface area contributed by atoms with Gasteiger partial charge < -0.3 is 4.42 Å². The quantitative estimate of drug-likeness (QED) is 0.137. The Hall–Kier alpha value is -3.68. The third-order valence-electron chi connectivity index (χ3n) is 7.65. The summed E-state index contributed by atoms with van der Waals surface area (Å²) >= 11 is 0. The Kier molecular flexibility index (Phi) is 6.08. The van der Waals surface area contributed by atoms with Crippen molar-refractivity contribution in [2.45, 2.75) is 53.3 Å². The molecule has 0 fully saturated rings. The molecule has 0 amide bonds. The highest BCUT2D eigenvalue weighted by molar-refractivity contribution is 6.88. The first-order chi connectivity index (χ1) is 17.5. The molecular formula is C33H35N2OSi+. The number of rotatable bonds is 4. The number of aryl methyl sites for hydroxylation is 2. The van der Waals surface area contributed by atoms with Crippen LogP contribution in [0.4, 0.5) is 5.69 Å². The SMILES string of the molecule is [C-]#[N+]c1ccc2c(oc3c(-c4cc([Si](C)(C)C)cc(C)[n+]4C)c(C)ccc32)c1-c1ccc(C(C)C)cc1. The van der Waals surface area contributed by atoms with Gasteiger partial charge in [-0.25, -0.2) is 4.85 Å². The molecule has 0 saturated carbocycles. The van der Waals surface area contributed by atoms with E-state index in [1.165, 1.54) is 27.7 Å². The average Bonchev–Trinajstić information content (AvgIpc) is 3.23. The molecule has 3 aromatic carbocycles. The predicted octanol–water partition coefficient (Wildman–Crippen LogP) is 8.58. The molecule has 0 atom stereocenters. The van der Waals surface area contributed by atoms with E-state index in [0.717, 1.165) is 38.6 Å². The van der Waals surface area contributed by atoms with Crippen LogP contribution in [0.25, 0.3) is 49.2 Å². The Bertz CT molecular complexity index is 1710. The molecule has 37 heavy (non-hydrogen) atoms. The highest BCUT2D eigenvalue weighted by Gasteiger charge is 2.27. The number of furan rings is 1. The van der Waals surface area contributed by atoms with Crippen LogP contribution in [-0.2, 0) is 7.05 Å². The molecule has 4 heteroatoms. The number of nitrogens with zero attached hydrogens (tertiary/aromatic N) is 2. The molecule has 0 aliphatic carbocycles. The summed E-state index contributed by atoms with van der Waals surface area (Å²) < 4.78 is 9.07. The van der Waals surface area contributed by atoms with E-state index in [9.17, 15) is 0 Å². The first-order valence-corrected chi connectivity index (χ1v) is 16.5. The lowest BCUT2D eigenvalue weighted by Crippen LogP contribution is -2.44. The Labute approximate surface area is 221 Å². The van der Waals surface area contributed by atoms with Gasteiger partial charge in [-0.1, -0.05) is 82.0 Å². The van der Waals surface area contributed by atoms with Gasteiger partial charge in [0.15, 0.2) is 11.4 Å². The van der Waals surface area contributed by atoms with Gasteiger partial charge in [0, 0.05) is 35.4 Å². The van der Waals surface area contributed by atoms with Gasteiger partial charge in [0.25, 0.3) is 0 Å². The monoisotopic (exact) mass is 503 g/mol. The summed E-state index contributed by atoms with van der Waals surface area (Å²) in [5, 5.41) is 3.57. The number of aromatic nitrogens is 1.